The van der Waals surface area contributed by atoms with E-state index in [1.54, 1.807) is 29.1 Å². The van der Waals surface area contributed by atoms with Gasteiger partial charge in [0.25, 0.3) is 5.91 Å². The van der Waals surface area contributed by atoms with E-state index in [1.165, 1.54) is 5.69 Å². The topological polar surface area (TPSA) is 84.3 Å². The zero-order valence-corrected chi connectivity index (χ0v) is 24.1. The first kappa shape index (κ1) is 28.0. The SMILES string of the molecule is CCCCOc1ccc(C(=O)NC(=S)Nc2cc3nn(-c4ccc(N(CC)CC)cc4C)nc3cc2C)cc1. The van der Waals surface area contributed by atoms with E-state index >= 15 is 0 Å². The highest BCUT2D eigenvalue weighted by Crippen LogP contribution is 2.25. The van der Waals surface area contributed by atoms with Crippen LogP contribution in [0.2, 0.25) is 0 Å². The molecule has 0 fully saturated rings. The molecular weight excluding hydrogens is 508 g/mol. The summed E-state index contributed by atoms with van der Waals surface area (Å²) in [5.41, 5.74) is 6.91. The number of carbonyl (C=O) groups excluding carboxylic acids is 1. The van der Waals surface area contributed by atoms with Crippen molar-refractivity contribution in [1.29, 1.82) is 0 Å². The molecule has 204 valence electrons. The van der Waals surface area contributed by atoms with Crippen LogP contribution in [0.4, 0.5) is 11.4 Å². The van der Waals surface area contributed by atoms with E-state index in [-0.39, 0.29) is 11.0 Å². The number of nitrogens with zero attached hydrogens (tertiary/aromatic N) is 4. The van der Waals surface area contributed by atoms with Crippen LogP contribution in [-0.4, -0.2) is 45.7 Å². The molecule has 1 heterocycles. The molecule has 3 aromatic carbocycles. The lowest BCUT2D eigenvalue weighted by Gasteiger charge is -2.22. The van der Waals surface area contributed by atoms with E-state index in [2.05, 4.69) is 61.4 Å². The third-order valence-corrected chi connectivity index (χ3v) is 6.81. The number of fused-ring (bicyclic) bond motifs is 1. The van der Waals surface area contributed by atoms with Crippen LogP contribution in [0.3, 0.4) is 0 Å². The van der Waals surface area contributed by atoms with Gasteiger partial charge in [0, 0.05) is 30.0 Å². The number of thiocarbonyl (C=S) groups is 1. The smallest absolute Gasteiger partial charge is 0.257 e. The van der Waals surface area contributed by atoms with Crippen molar-refractivity contribution in [2.75, 3.05) is 29.9 Å². The number of carbonyl (C=O) groups is 1. The summed E-state index contributed by atoms with van der Waals surface area (Å²) in [5, 5.41) is 15.5. The molecule has 8 nitrogen and oxygen atoms in total. The molecule has 0 radical (unpaired) electrons. The molecular formula is C30H36N6O2S. The molecule has 0 aliphatic carbocycles. The second-order valence-electron chi connectivity index (χ2n) is 9.42. The molecule has 4 aromatic rings. The predicted octanol–water partition coefficient (Wildman–Crippen LogP) is 6.19. The zero-order chi connectivity index (χ0) is 27.9. The van der Waals surface area contributed by atoms with E-state index in [4.69, 9.17) is 27.2 Å². The fourth-order valence-electron chi connectivity index (χ4n) is 4.33. The number of unbranched alkanes of at least 4 members (excludes halogenated alkanes) is 1. The van der Waals surface area contributed by atoms with Gasteiger partial charge in [0.1, 0.15) is 16.8 Å². The number of rotatable bonds is 10. The predicted molar refractivity (Wildman–Crippen MR) is 162 cm³/mol. The lowest BCUT2D eigenvalue weighted by Crippen LogP contribution is -2.34. The minimum Gasteiger partial charge on any atom is -0.494 e. The molecule has 0 spiro atoms. The van der Waals surface area contributed by atoms with Crippen LogP contribution >= 0.6 is 12.2 Å². The molecule has 2 N–H and O–H groups in total. The molecule has 0 unspecified atom stereocenters. The molecule has 9 heteroatoms. The van der Waals surface area contributed by atoms with Gasteiger partial charge in [-0.3, -0.25) is 10.1 Å². The van der Waals surface area contributed by atoms with Crippen molar-refractivity contribution in [3.8, 4) is 11.4 Å². The van der Waals surface area contributed by atoms with E-state index in [0.29, 0.717) is 12.2 Å². The van der Waals surface area contributed by atoms with Crippen molar-refractivity contribution < 1.29 is 9.53 Å². The number of anilines is 2. The second kappa shape index (κ2) is 12.7. The highest BCUT2D eigenvalue weighted by atomic mass is 32.1. The summed E-state index contributed by atoms with van der Waals surface area (Å²) in [5.74, 6) is 0.452. The average molecular weight is 545 g/mol. The van der Waals surface area contributed by atoms with Gasteiger partial charge in [-0.1, -0.05) is 13.3 Å². The molecule has 4 rings (SSSR count). The lowest BCUT2D eigenvalue weighted by atomic mass is 10.1. The Hall–Kier alpha value is -3.98. The van der Waals surface area contributed by atoms with Gasteiger partial charge in [-0.2, -0.15) is 4.80 Å². The van der Waals surface area contributed by atoms with Crippen LogP contribution in [-0.2, 0) is 0 Å². The second-order valence-corrected chi connectivity index (χ2v) is 9.83. The van der Waals surface area contributed by atoms with Gasteiger partial charge in [0.05, 0.1) is 12.3 Å². The van der Waals surface area contributed by atoms with Gasteiger partial charge >= 0.3 is 0 Å². The standard InChI is InChI=1S/C30H36N6O2S/c1-6-9-16-38-24-13-10-22(11-14-24)29(37)32-30(39)31-25-19-27-26(18-20(25)4)33-36(34-27)28-15-12-23(17-21(28)5)35(7-2)8-3/h10-15,17-19H,6-9,16H2,1-5H3,(H2,31,32,37,39). The van der Waals surface area contributed by atoms with Crippen molar-refractivity contribution >= 4 is 45.6 Å². The third kappa shape index (κ3) is 6.72. The van der Waals surface area contributed by atoms with Crippen LogP contribution in [0.1, 0.15) is 55.1 Å². The lowest BCUT2D eigenvalue weighted by molar-refractivity contribution is 0.0977. The highest BCUT2D eigenvalue weighted by molar-refractivity contribution is 7.80. The summed E-state index contributed by atoms with van der Waals surface area (Å²) in [6, 6.07) is 17.2. The molecule has 0 bridgehead atoms. The van der Waals surface area contributed by atoms with Crippen molar-refractivity contribution in [3.05, 3.63) is 71.3 Å². The number of benzene rings is 3. The van der Waals surface area contributed by atoms with E-state index in [1.807, 2.05) is 19.1 Å². The Morgan fingerprint density at radius 2 is 1.64 bits per heavy atom. The minimum atomic E-state index is -0.291. The number of hydrogen-bond donors (Lipinski definition) is 2. The number of aromatic nitrogens is 3. The van der Waals surface area contributed by atoms with Crippen LogP contribution in [0.5, 0.6) is 5.75 Å². The van der Waals surface area contributed by atoms with Crippen LogP contribution < -0.4 is 20.3 Å². The third-order valence-electron chi connectivity index (χ3n) is 6.61. The molecule has 39 heavy (non-hydrogen) atoms. The van der Waals surface area contributed by atoms with Gasteiger partial charge in [-0.05, 0) is 112 Å². The number of aryl methyl sites for hydroxylation is 2. The largest absolute Gasteiger partial charge is 0.494 e. The quantitative estimate of drug-likeness (QED) is 0.182. The zero-order valence-electron chi connectivity index (χ0n) is 23.2. The molecule has 0 aliphatic heterocycles. The molecule has 1 aromatic heterocycles. The Bertz CT molecular complexity index is 1460. The first-order valence-electron chi connectivity index (χ1n) is 13.4. The maximum atomic E-state index is 12.7. The normalized spacial score (nSPS) is 10.9. The highest BCUT2D eigenvalue weighted by Gasteiger charge is 2.14. The number of hydrogen-bond acceptors (Lipinski definition) is 6. The molecule has 0 aliphatic rings. The van der Waals surface area contributed by atoms with Crippen LogP contribution in [0.15, 0.2) is 54.6 Å². The van der Waals surface area contributed by atoms with Crippen molar-refractivity contribution in [2.45, 2.75) is 47.5 Å². The van der Waals surface area contributed by atoms with E-state index in [0.717, 1.165) is 65.2 Å². The van der Waals surface area contributed by atoms with Crippen molar-refractivity contribution in [1.82, 2.24) is 20.3 Å². The molecule has 1 amide bonds. The number of nitrogens with one attached hydrogen (secondary N) is 2. The van der Waals surface area contributed by atoms with Gasteiger partial charge in [-0.15, -0.1) is 10.2 Å². The summed E-state index contributed by atoms with van der Waals surface area (Å²) in [7, 11) is 0. The van der Waals surface area contributed by atoms with Gasteiger partial charge < -0.3 is 15.0 Å². The fraction of sp³-hybridized carbons (Fsp3) is 0.333. The maximum absolute atomic E-state index is 12.7. The molecule has 0 saturated carbocycles. The Labute approximate surface area is 235 Å². The number of amides is 1. The first-order chi connectivity index (χ1) is 18.8. The Balaban J connectivity index is 1.45. The summed E-state index contributed by atoms with van der Waals surface area (Å²) < 4.78 is 5.67. The minimum absolute atomic E-state index is 0.209. The summed E-state index contributed by atoms with van der Waals surface area (Å²) in [4.78, 5) is 16.7. The van der Waals surface area contributed by atoms with Gasteiger partial charge in [0.15, 0.2) is 5.11 Å². The number of ether oxygens (including phenoxy) is 1. The Morgan fingerprint density at radius 1 is 0.949 bits per heavy atom. The fourth-order valence-corrected chi connectivity index (χ4v) is 4.53. The summed E-state index contributed by atoms with van der Waals surface area (Å²) in [6.45, 7) is 13.0. The first-order valence-corrected chi connectivity index (χ1v) is 13.8. The van der Waals surface area contributed by atoms with Gasteiger partial charge in [-0.25, -0.2) is 0 Å². The van der Waals surface area contributed by atoms with Crippen LogP contribution in [0.25, 0.3) is 16.7 Å². The van der Waals surface area contributed by atoms with E-state index in [9.17, 15) is 4.79 Å². The average Bonchev–Trinajstić information content (AvgIpc) is 3.32. The summed E-state index contributed by atoms with van der Waals surface area (Å²) >= 11 is 5.43. The Kier molecular flexibility index (Phi) is 9.14. The van der Waals surface area contributed by atoms with Crippen LogP contribution in [0, 0.1) is 13.8 Å². The molecule has 0 atom stereocenters. The molecule has 0 saturated heterocycles. The monoisotopic (exact) mass is 544 g/mol. The van der Waals surface area contributed by atoms with Gasteiger partial charge in [0.2, 0.25) is 0 Å². The van der Waals surface area contributed by atoms with Crippen molar-refractivity contribution in [3.63, 3.8) is 0 Å². The van der Waals surface area contributed by atoms with E-state index < -0.39 is 0 Å². The Morgan fingerprint density at radius 3 is 2.28 bits per heavy atom. The maximum Gasteiger partial charge on any atom is 0.257 e. The summed E-state index contributed by atoms with van der Waals surface area (Å²) in [6.07, 6.45) is 2.06. The van der Waals surface area contributed by atoms with Crippen molar-refractivity contribution in [2.24, 2.45) is 0 Å².